The van der Waals surface area contributed by atoms with E-state index in [0.29, 0.717) is 0 Å². The summed E-state index contributed by atoms with van der Waals surface area (Å²) in [5, 5.41) is 0. The van der Waals surface area contributed by atoms with Crippen LogP contribution in [0.5, 0.6) is 0 Å². The van der Waals surface area contributed by atoms with Crippen LogP contribution in [0.4, 0.5) is 17.1 Å². The van der Waals surface area contributed by atoms with Crippen molar-refractivity contribution in [1.29, 1.82) is 0 Å². The molecule has 0 amide bonds. The average Bonchev–Trinajstić information content (AvgIpc) is 3.09. The van der Waals surface area contributed by atoms with Gasteiger partial charge in [0.05, 0.1) is 5.56 Å². The maximum absolute atomic E-state index is 2.34. The summed E-state index contributed by atoms with van der Waals surface area (Å²) in [6.07, 6.45) is 2.16. The lowest BCUT2D eigenvalue weighted by Gasteiger charge is -2.26. The second-order valence-electron chi connectivity index (χ2n) is 7.56. The van der Waals surface area contributed by atoms with E-state index >= 15 is 0 Å². The van der Waals surface area contributed by atoms with E-state index in [2.05, 4.69) is 114 Å². The summed E-state index contributed by atoms with van der Waals surface area (Å²) in [6, 6.07) is 30.8. The molecule has 1 aromatic heterocycles. The van der Waals surface area contributed by atoms with Crippen LogP contribution in [-0.2, 0) is 6.54 Å². The monoisotopic (exact) mass is 363 g/mol. The van der Waals surface area contributed by atoms with Crippen LogP contribution in [0.2, 0.25) is 0 Å². The lowest BCUT2D eigenvalue weighted by molar-refractivity contribution is -0.672. The Kier molecular flexibility index (Phi) is 3.98. The van der Waals surface area contributed by atoms with Crippen molar-refractivity contribution < 1.29 is 4.57 Å². The third-order valence-corrected chi connectivity index (χ3v) is 5.49. The summed E-state index contributed by atoms with van der Waals surface area (Å²) >= 11 is 0. The standard InChI is InChI=1S/C26H23N2/c1-19-6-11-22(12-7-19)28(23-13-8-20(2)9-14-23)24-15-10-21-18-27-16-4-3-5-26(27)25(21)17-24/h3-17H,18H2,1-2H3/q+1. The molecule has 0 aliphatic carbocycles. The molecule has 1 aliphatic rings. The molecule has 0 fully saturated rings. The number of benzene rings is 3. The number of anilines is 3. The van der Waals surface area contributed by atoms with Gasteiger partial charge >= 0.3 is 0 Å². The number of nitrogens with zero attached hydrogens (tertiary/aromatic N) is 2. The Morgan fingerprint density at radius 3 is 1.93 bits per heavy atom. The zero-order chi connectivity index (χ0) is 19.1. The van der Waals surface area contributed by atoms with E-state index < -0.39 is 0 Å². The maximum Gasteiger partial charge on any atom is 0.213 e. The second kappa shape index (κ2) is 6.65. The molecular formula is C26H23N2+. The number of aromatic nitrogens is 1. The van der Waals surface area contributed by atoms with Crippen LogP contribution in [0, 0.1) is 13.8 Å². The summed E-state index contributed by atoms with van der Waals surface area (Å²) in [7, 11) is 0. The van der Waals surface area contributed by atoms with Gasteiger partial charge in [-0.3, -0.25) is 0 Å². The summed E-state index contributed by atoms with van der Waals surface area (Å²) < 4.78 is 2.32. The Balaban J connectivity index is 1.66. The molecule has 3 aromatic carbocycles. The van der Waals surface area contributed by atoms with Crippen molar-refractivity contribution in [3.8, 4) is 11.3 Å². The van der Waals surface area contributed by atoms with Crippen molar-refractivity contribution in [3.05, 3.63) is 108 Å². The normalized spacial score (nSPS) is 11.8. The van der Waals surface area contributed by atoms with E-state index in [1.165, 1.54) is 45.0 Å². The van der Waals surface area contributed by atoms with Crippen molar-refractivity contribution in [2.75, 3.05) is 4.90 Å². The molecule has 4 aromatic rings. The summed E-state index contributed by atoms with van der Waals surface area (Å²) in [6.45, 7) is 5.20. The number of fused-ring (bicyclic) bond motifs is 3. The Labute approximate surface area is 166 Å². The van der Waals surface area contributed by atoms with Crippen molar-refractivity contribution in [1.82, 2.24) is 0 Å². The lowest BCUT2D eigenvalue weighted by atomic mass is 10.0. The summed E-state index contributed by atoms with van der Waals surface area (Å²) in [5.41, 5.74) is 10.1. The predicted molar refractivity (Wildman–Crippen MR) is 115 cm³/mol. The largest absolute Gasteiger partial charge is 0.310 e. The molecule has 136 valence electrons. The maximum atomic E-state index is 2.34. The zero-order valence-electron chi connectivity index (χ0n) is 16.3. The van der Waals surface area contributed by atoms with E-state index in [1.807, 2.05) is 0 Å². The number of pyridine rings is 1. The van der Waals surface area contributed by atoms with Crippen molar-refractivity contribution >= 4 is 17.1 Å². The fourth-order valence-corrected chi connectivity index (χ4v) is 3.96. The van der Waals surface area contributed by atoms with Gasteiger partial charge in [0, 0.05) is 34.8 Å². The Hall–Kier alpha value is -3.39. The predicted octanol–water partition coefficient (Wildman–Crippen LogP) is 6.09. The quantitative estimate of drug-likeness (QED) is 0.352. The van der Waals surface area contributed by atoms with Crippen LogP contribution in [0.1, 0.15) is 16.7 Å². The number of hydrogen-bond donors (Lipinski definition) is 0. The molecule has 0 unspecified atom stereocenters. The summed E-state index contributed by atoms with van der Waals surface area (Å²) in [5.74, 6) is 0. The SMILES string of the molecule is Cc1ccc(N(c2ccc(C)cc2)c2ccc3c(c2)-c2cccc[n+]2C3)cc1. The minimum Gasteiger partial charge on any atom is -0.310 e. The van der Waals surface area contributed by atoms with Crippen molar-refractivity contribution in [2.45, 2.75) is 20.4 Å². The number of rotatable bonds is 3. The van der Waals surface area contributed by atoms with Gasteiger partial charge in [0.15, 0.2) is 12.7 Å². The Morgan fingerprint density at radius 1 is 0.679 bits per heavy atom. The van der Waals surface area contributed by atoms with Gasteiger partial charge in [-0.1, -0.05) is 35.4 Å². The Bertz CT molecular complexity index is 1100. The van der Waals surface area contributed by atoms with E-state index in [0.717, 1.165) is 6.54 Å². The van der Waals surface area contributed by atoms with Crippen LogP contribution >= 0.6 is 0 Å². The third kappa shape index (κ3) is 2.87. The van der Waals surface area contributed by atoms with Gasteiger partial charge in [-0.15, -0.1) is 0 Å². The van der Waals surface area contributed by atoms with E-state index in [4.69, 9.17) is 0 Å². The highest BCUT2D eigenvalue weighted by Gasteiger charge is 2.26. The molecule has 0 bridgehead atoms. The molecule has 0 radical (unpaired) electrons. The van der Waals surface area contributed by atoms with E-state index in [9.17, 15) is 0 Å². The molecule has 5 rings (SSSR count). The van der Waals surface area contributed by atoms with Gasteiger partial charge in [0.2, 0.25) is 5.69 Å². The fourth-order valence-electron chi connectivity index (χ4n) is 3.96. The minimum absolute atomic E-state index is 0.945. The van der Waals surface area contributed by atoms with Crippen LogP contribution in [-0.4, -0.2) is 0 Å². The lowest BCUT2D eigenvalue weighted by Crippen LogP contribution is -2.31. The Morgan fingerprint density at radius 2 is 1.29 bits per heavy atom. The molecule has 2 heterocycles. The zero-order valence-corrected chi connectivity index (χ0v) is 16.3. The van der Waals surface area contributed by atoms with Crippen LogP contribution < -0.4 is 9.47 Å². The molecule has 2 nitrogen and oxygen atoms in total. The van der Waals surface area contributed by atoms with Gasteiger partial charge in [-0.05, 0) is 62.4 Å². The highest BCUT2D eigenvalue weighted by atomic mass is 15.1. The first-order valence-electron chi connectivity index (χ1n) is 9.74. The van der Waals surface area contributed by atoms with Gasteiger partial charge in [0.25, 0.3) is 0 Å². The molecule has 0 saturated heterocycles. The number of hydrogen-bond acceptors (Lipinski definition) is 1. The first kappa shape index (κ1) is 16.8. The molecule has 0 saturated carbocycles. The van der Waals surface area contributed by atoms with Crippen LogP contribution in [0.25, 0.3) is 11.3 Å². The molecule has 2 heteroatoms. The van der Waals surface area contributed by atoms with E-state index in [1.54, 1.807) is 0 Å². The molecule has 28 heavy (non-hydrogen) atoms. The molecular weight excluding hydrogens is 340 g/mol. The highest BCUT2D eigenvalue weighted by Crippen LogP contribution is 2.38. The van der Waals surface area contributed by atoms with E-state index in [-0.39, 0.29) is 0 Å². The summed E-state index contributed by atoms with van der Waals surface area (Å²) in [4.78, 5) is 2.34. The van der Waals surface area contributed by atoms with Crippen molar-refractivity contribution in [2.24, 2.45) is 0 Å². The van der Waals surface area contributed by atoms with Gasteiger partial charge in [0.1, 0.15) is 0 Å². The fraction of sp³-hybridized carbons (Fsp3) is 0.115. The second-order valence-corrected chi connectivity index (χ2v) is 7.56. The molecule has 0 N–H and O–H groups in total. The smallest absolute Gasteiger partial charge is 0.213 e. The number of aryl methyl sites for hydroxylation is 2. The highest BCUT2D eigenvalue weighted by molar-refractivity contribution is 5.80. The molecule has 0 atom stereocenters. The third-order valence-electron chi connectivity index (χ3n) is 5.49. The molecule has 1 aliphatic heterocycles. The van der Waals surface area contributed by atoms with Crippen LogP contribution in [0.15, 0.2) is 91.1 Å². The van der Waals surface area contributed by atoms with Gasteiger partial charge in [-0.2, -0.15) is 4.57 Å². The molecule has 0 spiro atoms. The average molecular weight is 363 g/mol. The minimum atomic E-state index is 0.945. The van der Waals surface area contributed by atoms with Gasteiger partial charge in [-0.25, -0.2) is 0 Å². The van der Waals surface area contributed by atoms with Crippen LogP contribution in [0.3, 0.4) is 0 Å². The van der Waals surface area contributed by atoms with Gasteiger partial charge < -0.3 is 4.90 Å². The van der Waals surface area contributed by atoms with Crippen molar-refractivity contribution in [3.63, 3.8) is 0 Å². The topological polar surface area (TPSA) is 7.12 Å². The first-order chi connectivity index (χ1) is 13.7. The first-order valence-corrected chi connectivity index (χ1v) is 9.74.